The Bertz CT molecular complexity index is 1740. The van der Waals surface area contributed by atoms with Crippen molar-refractivity contribution in [3.63, 3.8) is 0 Å². The molecule has 17 nitrogen and oxygen atoms in total. The summed E-state index contributed by atoms with van der Waals surface area (Å²) in [4.78, 5) is 47.5. The van der Waals surface area contributed by atoms with E-state index < -0.39 is 87.8 Å². The van der Waals surface area contributed by atoms with Crippen LogP contribution < -0.4 is 5.32 Å². The van der Waals surface area contributed by atoms with E-state index in [-0.39, 0.29) is 31.6 Å². The molecule has 0 aromatic heterocycles. The third-order valence-corrected chi connectivity index (χ3v) is 10.8. The summed E-state index contributed by atoms with van der Waals surface area (Å²) in [6, 6.07) is 6.68. The van der Waals surface area contributed by atoms with Gasteiger partial charge in [0.25, 0.3) is 31.5 Å². The first-order chi connectivity index (χ1) is 21.9. The fourth-order valence-electron chi connectivity index (χ4n) is 5.26. The third kappa shape index (κ3) is 8.59. The number of nitrogens with zero attached hydrogens (tertiary/aromatic N) is 4. The molecule has 0 bridgehead atoms. The number of hydrogen-bond acceptors (Lipinski definition) is 12. The van der Waals surface area contributed by atoms with Crippen molar-refractivity contribution in [2.75, 3.05) is 19.6 Å². The van der Waals surface area contributed by atoms with Gasteiger partial charge in [0.05, 0.1) is 20.8 Å². The van der Waals surface area contributed by atoms with Crippen LogP contribution in [0.4, 0.5) is 16.2 Å². The van der Waals surface area contributed by atoms with Crippen LogP contribution in [0.1, 0.15) is 46.5 Å². The zero-order valence-corrected chi connectivity index (χ0v) is 27.4. The molecule has 1 N–H and O–H groups in total. The first-order valence-corrected chi connectivity index (χ1v) is 17.4. The summed E-state index contributed by atoms with van der Waals surface area (Å²) in [7, 11) is -9.30. The number of benzene rings is 2. The molecule has 19 heteroatoms. The number of sulfonamides is 1. The summed E-state index contributed by atoms with van der Waals surface area (Å²) in [6.45, 7) is 5.14. The van der Waals surface area contributed by atoms with E-state index in [9.17, 15) is 46.7 Å². The smallest absolute Gasteiger partial charge is 0.410 e. The van der Waals surface area contributed by atoms with Gasteiger partial charge in [-0.15, -0.1) is 0 Å². The number of nitro groups is 2. The molecule has 2 saturated heterocycles. The lowest BCUT2D eigenvalue weighted by atomic mass is 10.00. The molecule has 2 aromatic rings. The van der Waals surface area contributed by atoms with Gasteiger partial charge in [0.15, 0.2) is 4.90 Å². The second kappa shape index (κ2) is 13.9. The highest BCUT2D eigenvalue weighted by Crippen LogP contribution is 2.33. The zero-order valence-electron chi connectivity index (χ0n) is 25.8. The number of carbonyl (C=O) groups is 2. The number of rotatable bonds is 9. The number of carbonyl (C=O) groups excluding carboxylic acids is 2. The topological polar surface area (TPSA) is 226 Å². The van der Waals surface area contributed by atoms with Crippen LogP contribution in [0, 0.1) is 20.2 Å². The third-order valence-electron chi connectivity index (χ3n) is 7.54. The van der Waals surface area contributed by atoms with Crippen LogP contribution in [0.2, 0.25) is 0 Å². The van der Waals surface area contributed by atoms with E-state index >= 15 is 0 Å². The molecule has 2 aliphatic heterocycles. The van der Waals surface area contributed by atoms with Gasteiger partial charge in [-0.2, -0.15) is 12.7 Å². The van der Waals surface area contributed by atoms with Crippen molar-refractivity contribution in [3.05, 3.63) is 68.8 Å². The molecular formula is C28H35N5O12S2. The number of nitro benzene ring substituents is 2. The summed E-state index contributed by atoms with van der Waals surface area (Å²) in [5, 5.41) is 25.5. The van der Waals surface area contributed by atoms with Gasteiger partial charge in [-0.3, -0.25) is 29.2 Å². The number of hydrogen-bond donors (Lipinski definition) is 1. The molecule has 0 saturated carbocycles. The van der Waals surface area contributed by atoms with E-state index in [0.29, 0.717) is 17.1 Å². The molecule has 0 unspecified atom stereocenters. The highest BCUT2D eigenvalue weighted by atomic mass is 32.2. The van der Waals surface area contributed by atoms with Gasteiger partial charge >= 0.3 is 6.09 Å². The number of ether oxygens (including phenoxy) is 1. The Morgan fingerprint density at radius 2 is 1.51 bits per heavy atom. The van der Waals surface area contributed by atoms with Crippen molar-refractivity contribution in [1.29, 1.82) is 0 Å². The highest BCUT2D eigenvalue weighted by Gasteiger charge is 2.45. The minimum atomic E-state index is -4.77. The first-order valence-electron chi connectivity index (χ1n) is 14.6. The fraction of sp³-hybridized carbons (Fsp3) is 0.500. The van der Waals surface area contributed by atoms with Crippen molar-refractivity contribution in [1.82, 2.24) is 14.5 Å². The van der Waals surface area contributed by atoms with Gasteiger partial charge in [-0.05, 0) is 64.7 Å². The van der Waals surface area contributed by atoms with Crippen molar-refractivity contribution < 1.29 is 45.2 Å². The van der Waals surface area contributed by atoms with E-state index in [1.165, 1.54) is 17.0 Å². The SMILES string of the molecule is CC(C)(C)OC(=O)N1CCC(NC(=O)[C@@H]2CC[C@H](OS(=O)(=O)c3ccc([N+](=O)[O-])cc3)CN2S(=O)(=O)c2ccccc2[N+](=O)[O-])CC1. The Labute approximate surface area is 271 Å². The zero-order chi connectivity index (χ0) is 34.7. The Morgan fingerprint density at radius 1 is 0.894 bits per heavy atom. The predicted octanol–water partition coefficient (Wildman–Crippen LogP) is 2.95. The Hall–Kier alpha value is -4.20. The maximum Gasteiger partial charge on any atom is 0.410 e. The average molecular weight is 698 g/mol. The number of para-hydroxylation sites is 1. The van der Waals surface area contributed by atoms with Crippen LogP contribution in [0.3, 0.4) is 0 Å². The molecule has 256 valence electrons. The number of nitrogens with one attached hydrogen (secondary N) is 1. The lowest BCUT2D eigenvalue weighted by Crippen LogP contribution is -2.58. The van der Waals surface area contributed by atoms with Gasteiger partial charge in [0.1, 0.15) is 11.6 Å². The maximum absolute atomic E-state index is 13.9. The summed E-state index contributed by atoms with van der Waals surface area (Å²) < 4.78 is 65.4. The predicted molar refractivity (Wildman–Crippen MR) is 164 cm³/mol. The number of non-ortho nitro benzene ring substituents is 1. The summed E-state index contributed by atoms with van der Waals surface area (Å²) in [6.07, 6.45) is -1.35. The van der Waals surface area contributed by atoms with Crippen LogP contribution in [0.25, 0.3) is 0 Å². The van der Waals surface area contributed by atoms with E-state index in [1.54, 1.807) is 20.8 Å². The second-order valence-corrected chi connectivity index (χ2v) is 15.5. The Kier molecular flexibility index (Phi) is 10.5. The minimum Gasteiger partial charge on any atom is -0.444 e. The Morgan fingerprint density at radius 3 is 2.09 bits per heavy atom. The molecule has 2 fully saturated rings. The molecule has 0 aliphatic carbocycles. The van der Waals surface area contributed by atoms with E-state index in [0.717, 1.165) is 36.4 Å². The van der Waals surface area contributed by atoms with E-state index in [1.807, 2.05) is 0 Å². The summed E-state index contributed by atoms with van der Waals surface area (Å²) in [5.41, 5.74) is -1.77. The van der Waals surface area contributed by atoms with Gasteiger partial charge in [-0.1, -0.05) is 12.1 Å². The molecule has 2 atom stereocenters. The summed E-state index contributed by atoms with van der Waals surface area (Å²) in [5.74, 6) is -0.695. The van der Waals surface area contributed by atoms with Crippen LogP contribution in [0.5, 0.6) is 0 Å². The van der Waals surface area contributed by atoms with Gasteiger partial charge < -0.3 is 15.0 Å². The van der Waals surface area contributed by atoms with E-state index in [2.05, 4.69) is 5.32 Å². The summed E-state index contributed by atoms with van der Waals surface area (Å²) >= 11 is 0. The monoisotopic (exact) mass is 697 g/mol. The molecule has 2 aliphatic rings. The van der Waals surface area contributed by atoms with Crippen LogP contribution >= 0.6 is 0 Å². The largest absolute Gasteiger partial charge is 0.444 e. The highest BCUT2D eigenvalue weighted by molar-refractivity contribution is 7.89. The Balaban J connectivity index is 1.55. The van der Waals surface area contributed by atoms with Crippen LogP contribution in [-0.4, -0.2) is 91.3 Å². The standard InChI is InChI=1S/C28H35N5O12S2/c1-28(2,3)44-27(35)30-16-14-19(15-17-30)29-26(34)24-13-10-21(45-47(42,43)22-11-8-20(9-12-22)32(36)37)18-31(24)46(40,41)25-7-5-4-6-23(25)33(38)39/h4-9,11-12,19,21,24H,10,13-18H2,1-3H3,(H,29,34)/t21-,24-/m0/s1. The normalized spacial score (nSPS) is 19.9. The number of amides is 2. The van der Waals surface area contributed by atoms with Crippen molar-refractivity contribution in [3.8, 4) is 0 Å². The number of likely N-dealkylation sites (tertiary alicyclic amines) is 1. The molecule has 47 heavy (non-hydrogen) atoms. The lowest BCUT2D eigenvalue weighted by molar-refractivity contribution is -0.387. The quantitative estimate of drug-likeness (QED) is 0.227. The first kappa shape index (κ1) is 35.7. The van der Waals surface area contributed by atoms with Gasteiger partial charge in [-0.25, -0.2) is 13.2 Å². The maximum atomic E-state index is 13.9. The van der Waals surface area contributed by atoms with Crippen molar-refractivity contribution in [2.24, 2.45) is 0 Å². The molecule has 2 amide bonds. The molecular weight excluding hydrogens is 662 g/mol. The second-order valence-electron chi connectivity index (χ2n) is 12.1. The molecule has 2 heterocycles. The molecule has 0 radical (unpaired) electrons. The molecule has 0 spiro atoms. The van der Waals surface area contributed by atoms with Crippen LogP contribution in [0.15, 0.2) is 58.3 Å². The van der Waals surface area contributed by atoms with E-state index in [4.69, 9.17) is 8.92 Å². The van der Waals surface area contributed by atoms with Crippen molar-refractivity contribution in [2.45, 2.75) is 80.0 Å². The minimum absolute atomic E-state index is 0.0791. The van der Waals surface area contributed by atoms with Gasteiger partial charge in [0, 0.05) is 43.9 Å². The fourth-order valence-corrected chi connectivity index (χ4v) is 8.17. The van der Waals surface area contributed by atoms with Crippen LogP contribution in [-0.2, 0) is 33.9 Å². The van der Waals surface area contributed by atoms with Crippen molar-refractivity contribution >= 4 is 43.5 Å². The average Bonchev–Trinajstić information content (AvgIpc) is 3.00. The molecule has 4 rings (SSSR count). The molecule has 2 aromatic carbocycles. The van der Waals surface area contributed by atoms with Gasteiger partial charge in [0.2, 0.25) is 5.91 Å². The lowest BCUT2D eigenvalue weighted by Gasteiger charge is -2.38. The number of piperidine rings is 2.